The van der Waals surface area contributed by atoms with Crippen molar-refractivity contribution in [3.05, 3.63) is 75.4 Å². The first kappa shape index (κ1) is 27.7. The maximum atomic E-state index is 13.3. The molecule has 0 aliphatic heterocycles. The number of hydrogen-bond acceptors (Lipinski definition) is 3. The van der Waals surface area contributed by atoms with E-state index in [0.717, 1.165) is 40.7 Å². The second-order valence-electron chi connectivity index (χ2n) is 10.4. The molecular formula is C29H37BrN4O2. The van der Waals surface area contributed by atoms with Crippen LogP contribution in [0, 0.1) is 13.8 Å². The van der Waals surface area contributed by atoms with Crippen LogP contribution < -0.4 is 5.32 Å². The van der Waals surface area contributed by atoms with Crippen LogP contribution in [0.4, 0.5) is 5.82 Å². The number of carbonyl (C=O) groups is 2. The zero-order valence-corrected chi connectivity index (χ0v) is 23.8. The number of anilines is 1. The number of aryl methyl sites for hydroxylation is 2. The lowest BCUT2D eigenvalue weighted by Gasteiger charge is -2.22. The van der Waals surface area contributed by atoms with Crippen molar-refractivity contribution < 1.29 is 9.59 Å². The van der Waals surface area contributed by atoms with Crippen LogP contribution in [-0.4, -0.2) is 39.6 Å². The highest BCUT2D eigenvalue weighted by Crippen LogP contribution is 2.28. The van der Waals surface area contributed by atoms with Gasteiger partial charge in [0.05, 0.1) is 11.4 Å². The van der Waals surface area contributed by atoms with Gasteiger partial charge in [0, 0.05) is 28.1 Å². The van der Waals surface area contributed by atoms with Gasteiger partial charge in [-0.25, -0.2) is 4.68 Å². The van der Waals surface area contributed by atoms with Crippen LogP contribution in [-0.2, 0) is 10.2 Å². The molecule has 192 valence electrons. The van der Waals surface area contributed by atoms with Gasteiger partial charge >= 0.3 is 0 Å². The molecule has 0 aliphatic rings. The molecule has 0 saturated carbocycles. The molecule has 3 rings (SSSR count). The van der Waals surface area contributed by atoms with E-state index >= 15 is 0 Å². The molecular weight excluding hydrogens is 516 g/mol. The van der Waals surface area contributed by atoms with Crippen molar-refractivity contribution in [1.29, 1.82) is 0 Å². The molecule has 0 bridgehead atoms. The summed E-state index contributed by atoms with van der Waals surface area (Å²) in [5.74, 6) is 0.197. The van der Waals surface area contributed by atoms with E-state index in [4.69, 9.17) is 5.10 Å². The maximum absolute atomic E-state index is 13.3. The SMILES string of the molecule is CCCCCN(CC(=O)Nc1cc(C(C)(C)C)nn1-c1ccc(C)cc1C)C(=O)c1cccc(Br)c1. The van der Waals surface area contributed by atoms with Crippen LogP contribution in [0.5, 0.6) is 0 Å². The number of nitrogens with one attached hydrogen (secondary N) is 1. The molecule has 0 unspecified atom stereocenters. The lowest BCUT2D eigenvalue weighted by Crippen LogP contribution is -2.39. The lowest BCUT2D eigenvalue weighted by atomic mass is 9.92. The van der Waals surface area contributed by atoms with Crippen molar-refractivity contribution in [2.45, 2.75) is 66.2 Å². The van der Waals surface area contributed by atoms with E-state index < -0.39 is 0 Å². The van der Waals surface area contributed by atoms with E-state index in [2.05, 4.69) is 61.9 Å². The number of aromatic nitrogens is 2. The molecule has 0 fully saturated rings. The summed E-state index contributed by atoms with van der Waals surface area (Å²) >= 11 is 3.44. The number of benzene rings is 2. The molecule has 0 atom stereocenters. The number of carbonyl (C=O) groups excluding carboxylic acids is 2. The third-order valence-corrected chi connectivity index (χ3v) is 6.54. The van der Waals surface area contributed by atoms with Crippen LogP contribution in [0.1, 0.15) is 74.1 Å². The predicted molar refractivity (Wildman–Crippen MR) is 150 cm³/mol. The van der Waals surface area contributed by atoms with Gasteiger partial charge in [0.15, 0.2) is 0 Å². The number of amides is 2. The Morgan fingerprint density at radius 2 is 1.81 bits per heavy atom. The third-order valence-electron chi connectivity index (χ3n) is 6.05. The van der Waals surface area contributed by atoms with E-state index in [0.29, 0.717) is 17.9 Å². The maximum Gasteiger partial charge on any atom is 0.254 e. The summed E-state index contributed by atoms with van der Waals surface area (Å²) in [6.07, 6.45) is 2.88. The standard InChI is InChI=1S/C29H37BrN4O2/c1-7-8-9-15-33(28(36)22-11-10-12-23(30)17-22)19-27(35)31-26-18-25(29(4,5)6)32-34(26)24-14-13-20(2)16-21(24)3/h10-14,16-18H,7-9,15,19H2,1-6H3,(H,31,35). The van der Waals surface area contributed by atoms with E-state index in [1.54, 1.807) is 21.7 Å². The van der Waals surface area contributed by atoms with Crippen LogP contribution in [0.3, 0.4) is 0 Å². The summed E-state index contributed by atoms with van der Waals surface area (Å²) in [5.41, 5.74) is 4.40. The number of hydrogen-bond donors (Lipinski definition) is 1. The quantitative estimate of drug-likeness (QED) is 0.296. The molecule has 0 aliphatic carbocycles. The Morgan fingerprint density at radius 1 is 1.06 bits per heavy atom. The average molecular weight is 554 g/mol. The molecule has 0 saturated heterocycles. The summed E-state index contributed by atoms with van der Waals surface area (Å²) in [7, 11) is 0. The first-order chi connectivity index (χ1) is 17.0. The average Bonchev–Trinajstić information content (AvgIpc) is 3.22. The Hall–Kier alpha value is -2.93. The third kappa shape index (κ3) is 7.06. The molecule has 1 N–H and O–H groups in total. The minimum Gasteiger partial charge on any atom is -0.329 e. The van der Waals surface area contributed by atoms with Crippen molar-refractivity contribution >= 4 is 33.6 Å². The molecule has 3 aromatic rings. The largest absolute Gasteiger partial charge is 0.329 e. The molecule has 0 spiro atoms. The fourth-order valence-electron chi connectivity index (χ4n) is 4.03. The molecule has 1 heterocycles. The van der Waals surface area contributed by atoms with Crippen molar-refractivity contribution in [2.75, 3.05) is 18.4 Å². The van der Waals surface area contributed by atoms with Gasteiger partial charge in [0.25, 0.3) is 5.91 Å². The normalized spacial score (nSPS) is 11.4. The Bertz CT molecular complexity index is 1230. The highest BCUT2D eigenvalue weighted by Gasteiger charge is 2.24. The summed E-state index contributed by atoms with van der Waals surface area (Å²) in [4.78, 5) is 28.2. The van der Waals surface area contributed by atoms with Crippen LogP contribution >= 0.6 is 15.9 Å². The lowest BCUT2D eigenvalue weighted by molar-refractivity contribution is -0.117. The fourth-order valence-corrected chi connectivity index (χ4v) is 4.43. The molecule has 36 heavy (non-hydrogen) atoms. The van der Waals surface area contributed by atoms with Gasteiger partial charge in [0.2, 0.25) is 5.91 Å². The van der Waals surface area contributed by atoms with E-state index in [1.807, 2.05) is 37.3 Å². The van der Waals surface area contributed by atoms with Crippen LogP contribution in [0.2, 0.25) is 0 Å². The Labute approximate surface area is 223 Å². The summed E-state index contributed by atoms with van der Waals surface area (Å²) in [6.45, 7) is 13.0. The van der Waals surface area contributed by atoms with Gasteiger partial charge in [-0.1, -0.05) is 80.2 Å². The summed E-state index contributed by atoms with van der Waals surface area (Å²) in [5, 5.41) is 7.88. The molecule has 0 radical (unpaired) electrons. The van der Waals surface area contributed by atoms with Crippen molar-refractivity contribution in [3.63, 3.8) is 0 Å². The minimum atomic E-state index is -0.249. The van der Waals surface area contributed by atoms with Crippen molar-refractivity contribution in [2.24, 2.45) is 0 Å². The highest BCUT2D eigenvalue weighted by molar-refractivity contribution is 9.10. The van der Waals surface area contributed by atoms with Gasteiger partial charge in [-0.15, -0.1) is 0 Å². The van der Waals surface area contributed by atoms with Crippen molar-refractivity contribution in [1.82, 2.24) is 14.7 Å². The topological polar surface area (TPSA) is 67.2 Å². The van der Waals surface area contributed by atoms with E-state index in [9.17, 15) is 9.59 Å². The number of rotatable bonds is 9. The van der Waals surface area contributed by atoms with Crippen LogP contribution in [0.15, 0.2) is 53.0 Å². The smallest absolute Gasteiger partial charge is 0.254 e. The molecule has 6 nitrogen and oxygen atoms in total. The van der Waals surface area contributed by atoms with Gasteiger partial charge in [-0.2, -0.15) is 5.10 Å². The predicted octanol–water partition coefficient (Wildman–Crippen LogP) is 6.82. The van der Waals surface area contributed by atoms with Gasteiger partial charge in [-0.05, 0) is 50.1 Å². The van der Waals surface area contributed by atoms with Crippen molar-refractivity contribution in [3.8, 4) is 5.69 Å². The summed E-state index contributed by atoms with van der Waals surface area (Å²) in [6, 6.07) is 15.4. The van der Waals surface area contributed by atoms with Gasteiger partial charge in [0.1, 0.15) is 12.4 Å². The molecule has 7 heteroatoms. The monoisotopic (exact) mass is 552 g/mol. The summed E-state index contributed by atoms with van der Waals surface area (Å²) < 4.78 is 2.63. The van der Waals surface area contributed by atoms with Gasteiger partial charge in [-0.3, -0.25) is 9.59 Å². The van der Waals surface area contributed by atoms with Crippen LogP contribution in [0.25, 0.3) is 5.69 Å². The Kier molecular flexibility index (Phi) is 9.12. The molecule has 1 aromatic heterocycles. The first-order valence-electron chi connectivity index (χ1n) is 12.5. The van der Waals surface area contributed by atoms with E-state index in [1.165, 1.54) is 5.56 Å². The second kappa shape index (κ2) is 11.9. The van der Waals surface area contributed by atoms with Gasteiger partial charge < -0.3 is 10.2 Å². The molecule has 2 amide bonds. The fraction of sp³-hybridized carbons (Fsp3) is 0.414. The minimum absolute atomic E-state index is 0.0298. The zero-order chi connectivity index (χ0) is 26.5. The number of nitrogens with zero attached hydrogens (tertiary/aromatic N) is 3. The number of unbranched alkanes of at least 4 members (excludes halogenated alkanes) is 2. The van der Waals surface area contributed by atoms with E-state index in [-0.39, 0.29) is 23.8 Å². The Morgan fingerprint density at radius 3 is 2.44 bits per heavy atom. The number of halogens is 1. The zero-order valence-electron chi connectivity index (χ0n) is 22.2. The Balaban J connectivity index is 1.88. The highest BCUT2D eigenvalue weighted by atomic mass is 79.9. The second-order valence-corrected chi connectivity index (χ2v) is 11.3. The molecule has 2 aromatic carbocycles. The first-order valence-corrected chi connectivity index (χ1v) is 13.3.